The molecule has 2 fully saturated rings. The van der Waals surface area contributed by atoms with Gasteiger partial charge in [-0.25, -0.2) is 8.42 Å². The molecular weight excluding hydrogens is 372 g/mol. The van der Waals surface area contributed by atoms with Gasteiger partial charge >= 0.3 is 5.69 Å². The Morgan fingerprint density at radius 2 is 1.89 bits per heavy atom. The van der Waals surface area contributed by atoms with Gasteiger partial charge in [0.05, 0.1) is 16.4 Å². The largest absolute Gasteiger partial charge is 0.334 e. The normalized spacial score (nSPS) is 22.7. The number of rotatable bonds is 5. The van der Waals surface area contributed by atoms with Gasteiger partial charge in [-0.2, -0.15) is 5.10 Å². The quantitative estimate of drug-likeness (QED) is 0.551. The molecule has 27 heavy (non-hydrogen) atoms. The second kappa shape index (κ2) is 7.57. The molecule has 0 radical (unpaired) electrons. The molecule has 2 heterocycles. The standard InChI is InChI=1S/C17H26N4O5S/c1-12-17(21(23)24)13(2)19(18-12)10-16(22)20(14-6-4-3-5-7-14)15-8-9-27(25,26)11-15/h14-15H,3-11H2,1-2H3/t15-/m1/s1. The van der Waals surface area contributed by atoms with E-state index in [-0.39, 0.29) is 47.4 Å². The highest BCUT2D eigenvalue weighted by Gasteiger charge is 2.39. The van der Waals surface area contributed by atoms with Gasteiger partial charge in [-0.1, -0.05) is 19.3 Å². The Morgan fingerprint density at radius 1 is 1.22 bits per heavy atom. The van der Waals surface area contributed by atoms with E-state index in [4.69, 9.17) is 0 Å². The van der Waals surface area contributed by atoms with Crippen LogP contribution in [0.2, 0.25) is 0 Å². The van der Waals surface area contributed by atoms with E-state index in [9.17, 15) is 23.3 Å². The summed E-state index contributed by atoms with van der Waals surface area (Å²) in [5, 5.41) is 15.4. The van der Waals surface area contributed by atoms with Crippen LogP contribution < -0.4 is 0 Å². The van der Waals surface area contributed by atoms with Gasteiger partial charge in [0.25, 0.3) is 0 Å². The fraction of sp³-hybridized carbons (Fsp3) is 0.765. The summed E-state index contributed by atoms with van der Waals surface area (Å²) >= 11 is 0. The maximum atomic E-state index is 13.2. The van der Waals surface area contributed by atoms with Crippen molar-refractivity contribution in [2.75, 3.05) is 11.5 Å². The first-order chi connectivity index (χ1) is 12.7. The molecule has 1 aromatic rings. The molecule has 10 heteroatoms. The third-order valence-corrected chi connectivity index (χ3v) is 7.42. The van der Waals surface area contributed by atoms with Crippen molar-refractivity contribution in [2.24, 2.45) is 0 Å². The minimum Gasteiger partial charge on any atom is -0.334 e. The summed E-state index contributed by atoms with van der Waals surface area (Å²) in [6.07, 6.45) is 5.39. The summed E-state index contributed by atoms with van der Waals surface area (Å²) in [4.78, 5) is 25.6. The molecular formula is C17H26N4O5S. The predicted molar refractivity (Wildman–Crippen MR) is 99.1 cm³/mol. The number of amides is 1. The molecule has 0 N–H and O–H groups in total. The van der Waals surface area contributed by atoms with Gasteiger partial charge < -0.3 is 4.90 Å². The van der Waals surface area contributed by atoms with E-state index in [1.807, 2.05) is 0 Å². The van der Waals surface area contributed by atoms with Crippen molar-refractivity contribution >= 4 is 21.4 Å². The number of carbonyl (C=O) groups excluding carboxylic acids is 1. The number of carbonyl (C=O) groups is 1. The summed E-state index contributed by atoms with van der Waals surface area (Å²) in [6.45, 7) is 3.03. The fourth-order valence-corrected chi connectivity index (χ4v) is 6.09. The van der Waals surface area contributed by atoms with E-state index in [0.717, 1.165) is 32.1 Å². The molecule has 1 aliphatic heterocycles. The molecule has 1 aromatic heterocycles. The van der Waals surface area contributed by atoms with Crippen molar-refractivity contribution in [1.82, 2.24) is 14.7 Å². The monoisotopic (exact) mass is 398 g/mol. The Kier molecular flexibility index (Phi) is 5.55. The number of hydrogen-bond acceptors (Lipinski definition) is 6. The third-order valence-electron chi connectivity index (χ3n) is 5.67. The number of nitro groups is 1. The summed E-state index contributed by atoms with van der Waals surface area (Å²) in [7, 11) is -3.11. The van der Waals surface area contributed by atoms with Crippen LogP contribution in [0.4, 0.5) is 5.69 Å². The lowest BCUT2D eigenvalue weighted by Gasteiger charge is -2.38. The molecule has 0 spiro atoms. The fourth-order valence-electron chi connectivity index (χ4n) is 4.37. The van der Waals surface area contributed by atoms with E-state index in [1.54, 1.807) is 18.7 Å². The first-order valence-electron chi connectivity index (χ1n) is 9.39. The second-order valence-corrected chi connectivity index (χ2v) is 9.81. The Morgan fingerprint density at radius 3 is 2.41 bits per heavy atom. The first-order valence-corrected chi connectivity index (χ1v) is 11.2. The van der Waals surface area contributed by atoms with Crippen molar-refractivity contribution in [3.63, 3.8) is 0 Å². The van der Waals surface area contributed by atoms with E-state index >= 15 is 0 Å². The van der Waals surface area contributed by atoms with Crippen molar-refractivity contribution in [3.05, 3.63) is 21.5 Å². The van der Waals surface area contributed by atoms with Gasteiger partial charge in [-0.3, -0.25) is 19.6 Å². The molecule has 150 valence electrons. The van der Waals surface area contributed by atoms with Crippen LogP contribution in [0, 0.1) is 24.0 Å². The summed E-state index contributed by atoms with van der Waals surface area (Å²) < 4.78 is 25.3. The Balaban J connectivity index is 1.85. The van der Waals surface area contributed by atoms with Crippen LogP contribution in [-0.4, -0.2) is 57.5 Å². The van der Waals surface area contributed by atoms with Crippen LogP contribution in [-0.2, 0) is 21.2 Å². The maximum Gasteiger partial charge on any atom is 0.312 e. The minimum absolute atomic E-state index is 0.00645. The maximum absolute atomic E-state index is 13.2. The third kappa shape index (κ3) is 4.15. The second-order valence-electron chi connectivity index (χ2n) is 7.58. The highest BCUT2D eigenvalue weighted by Crippen LogP contribution is 2.29. The van der Waals surface area contributed by atoms with Crippen LogP contribution >= 0.6 is 0 Å². The highest BCUT2D eigenvalue weighted by atomic mass is 32.2. The number of aryl methyl sites for hydroxylation is 1. The molecule has 1 saturated carbocycles. The lowest BCUT2D eigenvalue weighted by atomic mass is 9.93. The number of aromatic nitrogens is 2. The van der Waals surface area contributed by atoms with Crippen LogP contribution in [0.3, 0.4) is 0 Å². The predicted octanol–water partition coefficient (Wildman–Crippen LogP) is 1.76. The van der Waals surface area contributed by atoms with E-state index in [0.29, 0.717) is 12.1 Å². The van der Waals surface area contributed by atoms with Crippen LogP contribution in [0.15, 0.2) is 0 Å². The number of sulfone groups is 1. The summed E-state index contributed by atoms with van der Waals surface area (Å²) in [6, 6.07) is -0.269. The number of hydrogen-bond donors (Lipinski definition) is 0. The molecule has 1 atom stereocenters. The molecule has 3 rings (SSSR count). The average Bonchev–Trinajstić information content (AvgIpc) is 3.07. The van der Waals surface area contributed by atoms with E-state index in [1.165, 1.54) is 4.68 Å². The van der Waals surface area contributed by atoms with E-state index in [2.05, 4.69) is 5.10 Å². The Hall–Kier alpha value is -1.97. The highest BCUT2D eigenvalue weighted by molar-refractivity contribution is 7.91. The lowest BCUT2D eigenvalue weighted by Crippen LogP contribution is -2.50. The van der Waals surface area contributed by atoms with Gasteiger partial charge in [-0.05, 0) is 33.1 Å². The lowest BCUT2D eigenvalue weighted by molar-refractivity contribution is -0.386. The molecule has 9 nitrogen and oxygen atoms in total. The Labute approximate surface area is 158 Å². The van der Waals surface area contributed by atoms with Gasteiger partial charge in [-0.15, -0.1) is 0 Å². The van der Waals surface area contributed by atoms with Gasteiger partial charge in [0.2, 0.25) is 5.91 Å². The summed E-state index contributed by atoms with van der Waals surface area (Å²) in [5.41, 5.74) is 0.543. The molecule has 1 aliphatic carbocycles. The molecule has 1 amide bonds. The zero-order valence-corrected chi connectivity index (χ0v) is 16.6. The zero-order valence-electron chi connectivity index (χ0n) is 15.8. The average molecular weight is 398 g/mol. The van der Waals surface area contributed by atoms with Crippen molar-refractivity contribution in [3.8, 4) is 0 Å². The molecule has 1 saturated heterocycles. The first kappa shape index (κ1) is 19.8. The van der Waals surface area contributed by atoms with Gasteiger partial charge in [0, 0.05) is 12.1 Å². The van der Waals surface area contributed by atoms with Crippen LogP contribution in [0.5, 0.6) is 0 Å². The van der Waals surface area contributed by atoms with Crippen molar-refractivity contribution in [2.45, 2.75) is 71.0 Å². The van der Waals surface area contributed by atoms with Crippen LogP contribution in [0.1, 0.15) is 49.9 Å². The van der Waals surface area contributed by atoms with Crippen molar-refractivity contribution < 1.29 is 18.1 Å². The number of nitrogens with zero attached hydrogens (tertiary/aromatic N) is 4. The topological polar surface area (TPSA) is 115 Å². The molecule has 0 bridgehead atoms. The Bertz CT molecular complexity index is 842. The zero-order chi connectivity index (χ0) is 19.8. The molecule has 2 aliphatic rings. The smallest absolute Gasteiger partial charge is 0.312 e. The minimum atomic E-state index is -3.11. The van der Waals surface area contributed by atoms with Gasteiger partial charge in [0.15, 0.2) is 9.84 Å². The summed E-state index contributed by atoms with van der Waals surface area (Å²) in [5.74, 6) is -0.0871. The van der Waals surface area contributed by atoms with Crippen LogP contribution in [0.25, 0.3) is 0 Å². The van der Waals surface area contributed by atoms with E-state index < -0.39 is 14.8 Å². The molecule has 0 aromatic carbocycles. The van der Waals surface area contributed by atoms with Crippen molar-refractivity contribution in [1.29, 1.82) is 0 Å². The van der Waals surface area contributed by atoms with Gasteiger partial charge in [0.1, 0.15) is 17.9 Å². The SMILES string of the molecule is Cc1nn(CC(=O)N(C2CCCCC2)[C@@H]2CCS(=O)(=O)C2)c(C)c1[N+](=O)[O-]. The molecule has 0 unspecified atom stereocenters.